The molecule has 1 N–H and O–H groups in total. The summed E-state index contributed by atoms with van der Waals surface area (Å²) >= 11 is 7.48. The van der Waals surface area contributed by atoms with Gasteiger partial charge in [-0.05, 0) is 18.9 Å². The molecule has 0 atom stereocenters. The lowest BCUT2D eigenvalue weighted by Gasteiger charge is -2.26. The first-order valence-electron chi connectivity index (χ1n) is 5.84. The molecule has 1 aromatic rings. The lowest BCUT2D eigenvalue weighted by Crippen LogP contribution is -2.36. The van der Waals surface area contributed by atoms with Crippen LogP contribution < -0.4 is 0 Å². The smallest absolute Gasteiger partial charge is 0.317 e. The third-order valence-corrected chi connectivity index (χ3v) is 4.43. The van der Waals surface area contributed by atoms with Crippen molar-refractivity contribution in [2.75, 3.05) is 6.54 Å². The Labute approximate surface area is 110 Å². The summed E-state index contributed by atoms with van der Waals surface area (Å²) in [5.41, 5.74) is 0. The summed E-state index contributed by atoms with van der Waals surface area (Å²) < 4.78 is 0. The highest BCUT2D eigenvalue weighted by molar-refractivity contribution is 7.10. The van der Waals surface area contributed by atoms with Crippen LogP contribution in [0.5, 0.6) is 0 Å². The summed E-state index contributed by atoms with van der Waals surface area (Å²) in [5.74, 6) is -0.750. The van der Waals surface area contributed by atoms with Gasteiger partial charge in [-0.1, -0.05) is 24.4 Å². The predicted molar refractivity (Wildman–Crippen MR) is 69.6 cm³/mol. The van der Waals surface area contributed by atoms with Crippen LogP contribution in [-0.2, 0) is 11.3 Å². The Bertz CT molecular complexity index is 388. The molecule has 1 aliphatic carbocycles. The fourth-order valence-corrected chi connectivity index (χ4v) is 3.49. The van der Waals surface area contributed by atoms with Crippen molar-refractivity contribution in [3.8, 4) is 0 Å². The SMILES string of the molecule is O=C(O)CN(Cc1cc(Cl)cs1)C1CCCC1. The quantitative estimate of drug-likeness (QED) is 0.895. The first kappa shape index (κ1) is 12.9. The van der Waals surface area contributed by atoms with Crippen molar-refractivity contribution in [1.82, 2.24) is 4.90 Å². The van der Waals surface area contributed by atoms with Crippen molar-refractivity contribution in [2.45, 2.75) is 38.3 Å². The van der Waals surface area contributed by atoms with Crippen LogP contribution in [0.4, 0.5) is 0 Å². The summed E-state index contributed by atoms with van der Waals surface area (Å²) in [6.07, 6.45) is 4.66. The number of nitrogens with zero attached hydrogens (tertiary/aromatic N) is 1. The van der Waals surface area contributed by atoms with E-state index in [1.807, 2.05) is 11.4 Å². The van der Waals surface area contributed by atoms with Gasteiger partial charge in [-0.15, -0.1) is 11.3 Å². The van der Waals surface area contributed by atoms with E-state index in [1.165, 1.54) is 12.8 Å². The number of aliphatic carboxylic acids is 1. The second kappa shape index (κ2) is 5.85. The molecule has 1 saturated carbocycles. The number of rotatable bonds is 5. The predicted octanol–water partition coefficient (Wildman–Crippen LogP) is 3.23. The van der Waals surface area contributed by atoms with Gasteiger partial charge in [0, 0.05) is 22.8 Å². The van der Waals surface area contributed by atoms with Crippen molar-refractivity contribution >= 4 is 28.9 Å². The molecular weight excluding hydrogens is 258 g/mol. The van der Waals surface area contributed by atoms with E-state index in [9.17, 15) is 4.79 Å². The van der Waals surface area contributed by atoms with Gasteiger partial charge in [0.25, 0.3) is 0 Å². The van der Waals surface area contributed by atoms with Crippen molar-refractivity contribution in [1.29, 1.82) is 0 Å². The fraction of sp³-hybridized carbons (Fsp3) is 0.583. The molecule has 0 aromatic carbocycles. The number of thiophene rings is 1. The van der Waals surface area contributed by atoms with E-state index in [1.54, 1.807) is 11.3 Å². The Morgan fingerprint density at radius 2 is 2.24 bits per heavy atom. The second-order valence-electron chi connectivity index (χ2n) is 4.47. The van der Waals surface area contributed by atoms with Crippen LogP contribution in [0.15, 0.2) is 11.4 Å². The van der Waals surface area contributed by atoms with Crippen LogP contribution in [0.25, 0.3) is 0 Å². The lowest BCUT2D eigenvalue weighted by molar-refractivity contribution is -0.139. The van der Waals surface area contributed by atoms with Crippen LogP contribution >= 0.6 is 22.9 Å². The molecule has 0 unspecified atom stereocenters. The monoisotopic (exact) mass is 273 g/mol. The Morgan fingerprint density at radius 3 is 2.76 bits per heavy atom. The number of hydrogen-bond donors (Lipinski definition) is 1. The highest BCUT2D eigenvalue weighted by atomic mass is 35.5. The lowest BCUT2D eigenvalue weighted by atomic mass is 10.2. The summed E-state index contributed by atoms with van der Waals surface area (Å²) in [7, 11) is 0. The molecule has 2 rings (SSSR count). The Kier molecular flexibility index (Phi) is 4.42. The number of hydrogen-bond acceptors (Lipinski definition) is 3. The molecule has 3 nitrogen and oxygen atoms in total. The van der Waals surface area contributed by atoms with Crippen molar-refractivity contribution in [3.05, 3.63) is 21.3 Å². The van der Waals surface area contributed by atoms with Gasteiger partial charge >= 0.3 is 5.97 Å². The molecule has 0 saturated heterocycles. The highest BCUT2D eigenvalue weighted by Gasteiger charge is 2.24. The molecule has 1 aromatic heterocycles. The topological polar surface area (TPSA) is 40.5 Å². The van der Waals surface area contributed by atoms with Crippen LogP contribution in [0, 0.1) is 0 Å². The molecule has 94 valence electrons. The van der Waals surface area contributed by atoms with Gasteiger partial charge in [0.2, 0.25) is 0 Å². The van der Waals surface area contributed by atoms with Gasteiger partial charge < -0.3 is 5.11 Å². The minimum absolute atomic E-state index is 0.125. The number of carboxylic acids is 1. The first-order valence-corrected chi connectivity index (χ1v) is 7.09. The Balaban J connectivity index is 2.01. The molecule has 0 amide bonds. The maximum atomic E-state index is 10.9. The highest BCUT2D eigenvalue weighted by Crippen LogP contribution is 2.27. The molecule has 1 heterocycles. The standard InChI is InChI=1S/C12H16ClNO2S/c13-9-5-11(17-8-9)6-14(7-12(15)16)10-3-1-2-4-10/h5,8,10H,1-4,6-7H2,(H,15,16). The van der Waals surface area contributed by atoms with Gasteiger partial charge in [0.05, 0.1) is 11.6 Å². The maximum Gasteiger partial charge on any atom is 0.317 e. The normalized spacial score (nSPS) is 16.8. The second-order valence-corrected chi connectivity index (χ2v) is 5.90. The molecular formula is C12H16ClNO2S. The van der Waals surface area contributed by atoms with Crippen molar-refractivity contribution < 1.29 is 9.90 Å². The van der Waals surface area contributed by atoms with Gasteiger partial charge in [-0.3, -0.25) is 9.69 Å². The molecule has 0 radical (unpaired) electrons. The molecule has 0 spiro atoms. The summed E-state index contributed by atoms with van der Waals surface area (Å²) in [6, 6.07) is 2.35. The summed E-state index contributed by atoms with van der Waals surface area (Å²) in [6.45, 7) is 0.828. The maximum absolute atomic E-state index is 10.9. The zero-order valence-electron chi connectivity index (χ0n) is 9.56. The minimum Gasteiger partial charge on any atom is -0.480 e. The van der Waals surface area contributed by atoms with Crippen molar-refractivity contribution in [3.63, 3.8) is 0 Å². The minimum atomic E-state index is -0.750. The summed E-state index contributed by atoms with van der Waals surface area (Å²) in [5, 5.41) is 11.6. The largest absolute Gasteiger partial charge is 0.480 e. The average molecular weight is 274 g/mol. The van der Waals surface area contributed by atoms with E-state index in [0.717, 1.165) is 22.7 Å². The van der Waals surface area contributed by atoms with Gasteiger partial charge in [-0.25, -0.2) is 0 Å². The number of carbonyl (C=O) groups is 1. The van der Waals surface area contributed by atoms with E-state index in [2.05, 4.69) is 4.90 Å². The van der Waals surface area contributed by atoms with E-state index in [0.29, 0.717) is 12.6 Å². The van der Waals surface area contributed by atoms with Crippen LogP contribution in [0.2, 0.25) is 5.02 Å². The van der Waals surface area contributed by atoms with E-state index >= 15 is 0 Å². The third kappa shape index (κ3) is 3.69. The molecule has 5 heteroatoms. The van der Waals surface area contributed by atoms with E-state index in [-0.39, 0.29) is 6.54 Å². The molecule has 1 aliphatic rings. The Hall–Kier alpha value is -0.580. The van der Waals surface area contributed by atoms with Gasteiger partial charge in [0.1, 0.15) is 0 Å². The van der Waals surface area contributed by atoms with Crippen LogP contribution in [-0.4, -0.2) is 28.6 Å². The average Bonchev–Trinajstić information content (AvgIpc) is 2.87. The third-order valence-electron chi connectivity index (χ3n) is 3.16. The molecule has 0 aliphatic heterocycles. The molecule has 0 bridgehead atoms. The van der Waals surface area contributed by atoms with Crippen molar-refractivity contribution in [2.24, 2.45) is 0 Å². The van der Waals surface area contributed by atoms with Crippen LogP contribution in [0.1, 0.15) is 30.6 Å². The van der Waals surface area contributed by atoms with Crippen LogP contribution in [0.3, 0.4) is 0 Å². The Morgan fingerprint density at radius 1 is 1.53 bits per heavy atom. The first-order chi connectivity index (χ1) is 8.15. The number of carboxylic acid groups (broad SMARTS) is 1. The number of halogens is 1. The zero-order chi connectivity index (χ0) is 12.3. The fourth-order valence-electron chi connectivity index (χ4n) is 2.39. The van der Waals surface area contributed by atoms with E-state index in [4.69, 9.17) is 16.7 Å². The van der Waals surface area contributed by atoms with Gasteiger partial charge in [-0.2, -0.15) is 0 Å². The summed E-state index contributed by atoms with van der Waals surface area (Å²) in [4.78, 5) is 14.1. The zero-order valence-corrected chi connectivity index (χ0v) is 11.1. The van der Waals surface area contributed by atoms with Gasteiger partial charge in [0.15, 0.2) is 0 Å². The molecule has 1 fully saturated rings. The van der Waals surface area contributed by atoms with E-state index < -0.39 is 5.97 Å². The molecule has 17 heavy (non-hydrogen) atoms.